The maximum absolute atomic E-state index is 13.2. The monoisotopic (exact) mass is 348 g/mol. The van der Waals surface area contributed by atoms with Crippen LogP contribution in [0.3, 0.4) is 0 Å². The molecule has 1 aromatic rings. The minimum atomic E-state index is -4.28. The zero-order chi connectivity index (χ0) is 17.7. The van der Waals surface area contributed by atoms with Gasteiger partial charge in [0.25, 0.3) is 0 Å². The Labute approximate surface area is 139 Å². The van der Waals surface area contributed by atoms with E-state index >= 15 is 0 Å². The number of nitrogens with zero attached hydrogens (tertiary/aromatic N) is 1. The van der Waals surface area contributed by atoms with Crippen LogP contribution in [0.1, 0.15) is 18.0 Å². The maximum Gasteiger partial charge on any atom is 0.390 e. The van der Waals surface area contributed by atoms with E-state index in [2.05, 4.69) is 5.32 Å². The first-order chi connectivity index (χ1) is 11.4. The van der Waals surface area contributed by atoms with Crippen molar-refractivity contribution in [3.8, 4) is 17.2 Å². The van der Waals surface area contributed by atoms with Crippen LogP contribution in [0.2, 0.25) is 0 Å². The summed E-state index contributed by atoms with van der Waals surface area (Å²) in [5.74, 6) is 1.17. The van der Waals surface area contributed by atoms with Crippen molar-refractivity contribution in [2.45, 2.75) is 18.6 Å². The number of ether oxygens (including phenoxy) is 3. The molecule has 1 atom stereocenters. The van der Waals surface area contributed by atoms with E-state index in [0.29, 0.717) is 49.0 Å². The summed E-state index contributed by atoms with van der Waals surface area (Å²) in [5.41, 5.74) is 0.453. The molecule has 1 heterocycles. The van der Waals surface area contributed by atoms with E-state index in [1.807, 2.05) is 4.90 Å². The molecule has 1 saturated heterocycles. The first-order valence-electron chi connectivity index (χ1n) is 7.71. The highest BCUT2D eigenvalue weighted by Gasteiger charge is 2.37. The minimum Gasteiger partial charge on any atom is -0.496 e. The molecular weight excluding hydrogens is 325 g/mol. The summed E-state index contributed by atoms with van der Waals surface area (Å²) in [6, 6.07) is 2.32. The Morgan fingerprint density at radius 1 is 1.00 bits per heavy atom. The lowest BCUT2D eigenvalue weighted by Gasteiger charge is -2.36. The number of nitrogens with one attached hydrogen (secondary N) is 1. The summed E-state index contributed by atoms with van der Waals surface area (Å²) in [6.45, 7) is 2.39. The largest absolute Gasteiger partial charge is 0.496 e. The van der Waals surface area contributed by atoms with Crippen molar-refractivity contribution in [1.82, 2.24) is 10.2 Å². The van der Waals surface area contributed by atoms with Gasteiger partial charge in [-0.2, -0.15) is 13.2 Å². The molecule has 136 valence electrons. The lowest BCUT2D eigenvalue weighted by molar-refractivity contribution is -0.148. The molecule has 1 aliphatic rings. The van der Waals surface area contributed by atoms with Gasteiger partial charge in [-0.1, -0.05) is 0 Å². The van der Waals surface area contributed by atoms with Crippen molar-refractivity contribution in [2.75, 3.05) is 47.5 Å². The summed E-state index contributed by atoms with van der Waals surface area (Å²) in [7, 11) is 4.37. The molecule has 1 aromatic carbocycles. The molecule has 0 amide bonds. The van der Waals surface area contributed by atoms with Crippen molar-refractivity contribution >= 4 is 0 Å². The van der Waals surface area contributed by atoms with Gasteiger partial charge in [-0.05, 0) is 6.07 Å². The van der Waals surface area contributed by atoms with Gasteiger partial charge in [0.05, 0.1) is 27.8 Å². The zero-order valence-electron chi connectivity index (χ0n) is 14.1. The van der Waals surface area contributed by atoms with Crippen LogP contribution in [0.5, 0.6) is 17.2 Å². The number of rotatable bonds is 6. The minimum absolute atomic E-state index is 0.362. The van der Waals surface area contributed by atoms with Crippen molar-refractivity contribution in [1.29, 1.82) is 0 Å². The van der Waals surface area contributed by atoms with E-state index in [9.17, 15) is 13.2 Å². The summed E-state index contributed by atoms with van der Waals surface area (Å²) in [5, 5.41) is 3.15. The van der Waals surface area contributed by atoms with Gasteiger partial charge in [0.15, 0.2) is 11.5 Å². The van der Waals surface area contributed by atoms with Crippen LogP contribution in [0, 0.1) is 0 Å². The quantitative estimate of drug-likeness (QED) is 0.856. The molecule has 0 saturated carbocycles. The molecular formula is C16H23F3N2O3. The Morgan fingerprint density at radius 3 is 2.04 bits per heavy atom. The lowest BCUT2D eigenvalue weighted by atomic mass is 9.99. The number of hydrogen-bond acceptors (Lipinski definition) is 5. The van der Waals surface area contributed by atoms with Crippen molar-refractivity contribution in [3.63, 3.8) is 0 Å². The van der Waals surface area contributed by atoms with E-state index in [-0.39, 0.29) is 0 Å². The van der Waals surface area contributed by atoms with E-state index in [4.69, 9.17) is 14.2 Å². The molecule has 1 aliphatic heterocycles. The van der Waals surface area contributed by atoms with Gasteiger partial charge in [0.1, 0.15) is 5.75 Å². The SMILES string of the molecule is COc1cc(OC)c([C@@H](CC(F)(F)F)N2CCNCC2)cc1OC. The second kappa shape index (κ2) is 7.94. The van der Waals surface area contributed by atoms with E-state index < -0.39 is 18.6 Å². The van der Waals surface area contributed by atoms with Crippen LogP contribution in [0.4, 0.5) is 13.2 Å². The van der Waals surface area contributed by atoms with Crippen LogP contribution >= 0.6 is 0 Å². The Kier molecular flexibility index (Phi) is 6.17. The molecule has 0 bridgehead atoms. The van der Waals surface area contributed by atoms with Gasteiger partial charge in [0, 0.05) is 43.9 Å². The molecule has 2 rings (SSSR count). The second-order valence-electron chi connectivity index (χ2n) is 5.57. The van der Waals surface area contributed by atoms with Crippen LogP contribution < -0.4 is 19.5 Å². The summed E-state index contributed by atoms with van der Waals surface area (Å²) in [6.07, 6.45) is -5.23. The van der Waals surface area contributed by atoms with Crippen molar-refractivity contribution in [2.24, 2.45) is 0 Å². The molecule has 0 aliphatic carbocycles. The van der Waals surface area contributed by atoms with E-state index in [1.165, 1.54) is 21.3 Å². The third kappa shape index (κ3) is 4.45. The highest BCUT2D eigenvalue weighted by atomic mass is 19.4. The summed E-state index contributed by atoms with van der Waals surface area (Å²) in [4.78, 5) is 1.83. The number of piperazine rings is 1. The molecule has 8 heteroatoms. The molecule has 1 N–H and O–H groups in total. The van der Waals surface area contributed by atoms with Gasteiger partial charge in [-0.15, -0.1) is 0 Å². The van der Waals surface area contributed by atoms with Crippen molar-refractivity contribution in [3.05, 3.63) is 17.7 Å². The molecule has 1 fully saturated rings. The van der Waals surface area contributed by atoms with Gasteiger partial charge in [0.2, 0.25) is 0 Å². The van der Waals surface area contributed by atoms with Crippen LogP contribution in [-0.2, 0) is 0 Å². The number of alkyl halides is 3. The number of hydrogen-bond donors (Lipinski definition) is 1. The third-order valence-corrected chi connectivity index (χ3v) is 4.11. The second-order valence-corrected chi connectivity index (χ2v) is 5.57. The Hall–Kier alpha value is -1.67. The predicted octanol–water partition coefficient (Wildman–Crippen LogP) is 2.61. The molecule has 5 nitrogen and oxygen atoms in total. The Morgan fingerprint density at radius 2 is 1.54 bits per heavy atom. The average Bonchev–Trinajstić information content (AvgIpc) is 2.58. The molecule has 0 aromatic heterocycles. The Bertz CT molecular complexity index is 546. The highest BCUT2D eigenvalue weighted by Crippen LogP contribution is 2.43. The number of benzene rings is 1. The molecule has 24 heavy (non-hydrogen) atoms. The zero-order valence-corrected chi connectivity index (χ0v) is 14.1. The number of halogens is 3. The van der Waals surface area contributed by atoms with Crippen LogP contribution in [0.15, 0.2) is 12.1 Å². The lowest BCUT2D eigenvalue weighted by Crippen LogP contribution is -2.46. The van der Waals surface area contributed by atoms with Gasteiger partial charge in [-0.25, -0.2) is 0 Å². The fraction of sp³-hybridized carbons (Fsp3) is 0.625. The standard InChI is InChI=1S/C16H23F3N2O3/c1-22-13-9-15(24-3)14(23-2)8-11(13)12(10-16(17,18)19)21-6-4-20-5-7-21/h8-9,12,20H,4-7,10H2,1-3H3/t12-/m1/s1. The predicted molar refractivity (Wildman–Crippen MR) is 84.0 cm³/mol. The molecule has 0 radical (unpaired) electrons. The first kappa shape index (κ1) is 18.7. The van der Waals surface area contributed by atoms with Gasteiger partial charge < -0.3 is 19.5 Å². The molecule has 0 unspecified atom stereocenters. The molecule has 0 spiro atoms. The number of methoxy groups -OCH3 is 3. The Balaban J connectivity index is 2.46. The van der Waals surface area contributed by atoms with Crippen LogP contribution in [0.25, 0.3) is 0 Å². The van der Waals surface area contributed by atoms with Crippen LogP contribution in [-0.4, -0.2) is 58.6 Å². The fourth-order valence-electron chi connectivity index (χ4n) is 2.96. The average molecular weight is 348 g/mol. The van der Waals surface area contributed by atoms with Crippen molar-refractivity contribution < 1.29 is 27.4 Å². The van der Waals surface area contributed by atoms with E-state index in [1.54, 1.807) is 12.1 Å². The highest BCUT2D eigenvalue weighted by molar-refractivity contribution is 5.52. The topological polar surface area (TPSA) is 43.0 Å². The third-order valence-electron chi connectivity index (χ3n) is 4.11. The smallest absolute Gasteiger partial charge is 0.390 e. The van der Waals surface area contributed by atoms with Gasteiger partial charge >= 0.3 is 6.18 Å². The summed E-state index contributed by atoms with van der Waals surface area (Å²) < 4.78 is 55.3. The van der Waals surface area contributed by atoms with E-state index in [0.717, 1.165) is 0 Å². The fourth-order valence-corrected chi connectivity index (χ4v) is 2.96. The van der Waals surface area contributed by atoms with Gasteiger partial charge in [-0.3, -0.25) is 4.90 Å². The normalized spacial score (nSPS) is 17.4. The first-order valence-corrected chi connectivity index (χ1v) is 7.71. The maximum atomic E-state index is 13.2. The summed E-state index contributed by atoms with van der Waals surface area (Å²) >= 11 is 0.